The molecule has 0 aromatic heterocycles. The molecule has 86 valence electrons. The zero-order chi connectivity index (χ0) is 11.5. The van der Waals surface area contributed by atoms with Crippen LogP contribution in [-0.4, -0.2) is 31.3 Å². The molecular weight excluding hydrogens is 311 g/mol. The first kappa shape index (κ1) is 14.4. The normalized spacial score (nSPS) is 12.4. The number of nitrogens with one attached hydrogen (secondary N) is 2. The van der Waals surface area contributed by atoms with Crippen LogP contribution in [-0.2, 0) is 7.86 Å². The topological polar surface area (TPSA) is 70.6 Å². The maximum absolute atomic E-state index is 9.92. The number of aliphatic hydroxyl groups excluding tert-OH is 1. The smallest absolute Gasteiger partial charge is 0.211 e. The largest absolute Gasteiger partial charge is 0.396 e. The number of allylic oxidation sites excluding steroid dienone is 1. The van der Waals surface area contributed by atoms with Gasteiger partial charge in [0.15, 0.2) is 0 Å². The predicted molar refractivity (Wildman–Crippen MR) is 66.0 cm³/mol. The van der Waals surface area contributed by atoms with E-state index in [1.807, 2.05) is 0 Å². The van der Waals surface area contributed by atoms with E-state index in [0.717, 1.165) is 0 Å². The van der Waals surface area contributed by atoms with Gasteiger partial charge in [0.2, 0.25) is 6.41 Å². The van der Waals surface area contributed by atoms with Crippen LogP contribution in [0.4, 0.5) is 0 Å². The maximum atomic E-state index is 9.92. The first-order chi connectivity index (χ1) is 7.24. The van der Waals surface area contributed by atoms with Crippen molar-refractivity contribution in [2.45, 2.75) is 0 Å². The van der Waals surface area contributed by atoms with Gasteiger partial charge in [-0.2, -0.15) is 0 Å². The van der Waals surface area contributed by atoms with Crippen LogP contribution in [0.15, 0.2) is 24.6 Å². The molecule has 15 heavy (non-hydrogen) atoms. The van der Waals surface area contributed by atoms with E-state index in [1.165, 1.54) is 6.20 Å². The molecule has 0 aliphatic carbocycles. The Balaban J connectivity index is 3.72. The predicted octanol–water partition coefficient (Wildman–Crippen LogP) is 0.324. The summed E-state index contributed by atoms with van der Waals surface area (Å²) in [7, 11) is 0. The number of carbonyl (C=O) groups excluding carboxylic acids is 1. The summed E-state index contributed by atoms with van der Waals surface area (Å²) >= 11 is 1.79. The standard InChI is InChI=1S/C9H15IN2O3/c1-8(2-3-11-7-14)12-4-9(5-13)6-15-10/h2-3,7,9,12-13H,1,4-6H2,(H,11,14)/b3-2-. The van der Waals surface area contributed by atoms with Gasteiger partial charge in [0.05, 0.1) is 6.61 Å². The number of carbonyl (C=O) groups is 1. The Morgan fingerprint density at radius 2 is 2.40 bits per heavy atom. The monoisotopic (exact) mass is 326 g/mol. The summed E-state index contributed by atoms with van der Waals surface area (Å²) in [6.07, 6.45) is 3.68. The van der Waals surface area contributed by atoms with Crippen LogP contribution in [0, 0.1) is 5.92 Å². The SMILES string of the molecule is C=C(/C=C\NC=O)NCC(CO)COI. The van der Waals surface area contributed by atoms with Gasteiger partial charge in [0, 0.05) is 31.0 Å². The van der Waals surface area contributed by atoms with Crippen molar-refractivity contribution in [1.82, 2.24) is 10.6 Å². The maximum Gasteiger partial charge on any atom is 0.211 e. The molecule has 0 aromatic rings. The Morgan fingerprint density at radius 1 is 1.67 bits per heavy atom. The molecule has 6 heteroatoms. The highest BCUT2D eigenvalue weighted by atomic mass is 127. The zero-order valence-corrected chi connectivity index (χ0v) is 10.4. The fraction of sp³-hybridized carbons (Fsp3) is 0.444. The van der Waals surface area contributed by atoms with Crippen molar-refractivity contribution < 1.29 is 13.0 Å². The van der Waals surface area contributed by atoms with E-state index in [0.29, 0.717) is 25.3 Å². The van der Waals surface area contributed by atoms with Gasteiger partial charge in [-0.05, 0) is 6.08 Å². The van der Waals surface area contributed by atoms with Gasteiger partial charge in [-0.15, -0.1) is 0 Å². The molecule has 5 nitrogen and oxygen atoms in total. The number of amides is 1. The van der Waals surface area contributed by atoms with Gasteiger partial charge in [-0.1, -0.05) is 6.58 Å². The highest BCUT2D eigenvalue weighted by Gasteiger charge is 2.06. The van der Waals surface area contributed by atoms with Crippen LogP contribution in [0.2, 0.25) is 0 Å². The Kier molecular flexibility index (Phi) is 9.54. The van der Waals surface area contributed by atoms with Crippen LogP contribution >= 0.6 is 23.0 Å². The lowest BCUT2D eigenvalue weighted by atomic mass is 10.2. The Morgan fingerprint density at radius 3 is 2.93 bits per heavy atom. The fourth-order valence-corrected chi connectivity index (χ4v) is 1.30. The number of halogens is 1. The summed E-state index contributed by atoms with van der Waals surface area (Å²) in [6, 6.07) is 0. The fourth-order valence-electron chi connectivity index (χ4n) is 0.788. The van der Waals surface area contributed by atoms with E-state index in [1.54, 1.807) is 29.1 Å². The molecule has 0 aromatic carbocycles. The van der Waals surface area contributed by atoms with E-state index in [-0.39, 0.29) is 12.5 Å². The number of aliphatic hydroxyl groups is 1. The van der Waals surface area contributed by atoms with Crippen LogP contribution in [0.5, 0.6) is 0 Å². The second-order valence-electron chi connectivity index (χ2n) is 2.85. The summed E-state index contributed by atoms with van der Waals surface area (Å²) in [5.41, 5.74) is 0.663. The molecule has 0 fully saturated rings. The van der Waals surface area contributed by atoms with Crippen LogP contribution in [0.1, 0.15) is 0 Å². The molecule has 3 N–H and O–H groups in total. The highest BCUT2D eigenvalue weighted by Crippen LogP contribution is 1.99. The molecule has 0 aliphatic rings. The molecule has 1 unspecified atom stereocenters. The first-order valence-corrected chi connectivity index (χ1v) is 5.26. The Hall–Kier alpha value is -0.600. The molecule has 0 spiro atoms. The van der Waals surface area contributed by atoms with Crippen molar-refractivity contribution in [3.63, 3.8) is 0 Å². The molecule has 0 saturated carbocycles. The molecule has 1 atom stereocenters. The summed E-state index contributed by atoms with van der Waals surface area (Å²) in [6.45, 7) is 4.82. The average molecular weight is 326 g/mol. The lowest BCUT2D eigenvalue weighted by Gasteiger charge is -2.13. The van der Waals surface area contributed by atoms with Gasteiger partial charge in [0.25, 0.3) is 0 Å². The molecule has 0 saturated heterocycles. The summed E-state index contributed by atoms with van der Waals surface area (Å²) in [5, 5.41) is 14.3. The van der Waals surface area contributed by atoms with Crippen LogP contribution < -0.4 is 10.6 Å². The van der Waals surface area contributed by atoms with E-state index in [2.05, 4.69) is 17.2 Å². The second-order valence-corrected chi connectivity index (χ2v) is 3.47. The number of hydrogen-bond donors (Lipinski definition) is 3. The van der Waals surface area contributed by atoms with E-state index in [4.69, 9.17) is 8.17 Å². The third-order valence-electron chi connectivity index (χ3n) is 1.62. The number of hydrogen-bond acceptors (Lipinski definition) is 4. The van der Waals surface area contributed by atoms with Gasteiger partial charge < -0.3 is 18.8 Å². The van der Waals surface area contributed by atoms with Crippen molar-refractivity contribution >= 4 is 29.4 Å². The molecule has 0 bridgehead atoms. The molecule has 0 rings (SSSR count). The molecule has 1 amide bonds. The lowest BCUT2D eigenvalue weighted by Crippen LogP contribution is -2.26. The quantitative estimate of drug-likeness (QED) is 0.324. The summed E-state index contributed by atoms with van der Waals surface area (Å²) in [4.78, 5) is 9.92. The molecule has 0 aliphatic heterocycles. The molecule has 0 radical (unpaired) electrons. The zero-order valence-electron chi connectivity index (χ0n) is 8.28. The van der Waals surface area contributed by atoms with Crippen molar-refractivity contribution in [2.75, 3.05) is 19.8 Å². The first-order valence-electron chi connectivity index (χ1n) is 4.38. The van der Waals surface area contributed by atoms with E-state index >= 15 is 0 Å². The minimum atomic E-state index is 0.0334. The van der Waals surface area contributed by atoms with E-state index < -0.39 is 0 Å². The Bertz CT molecular complexity index is 221. The van der Waals surface area contributed by atoms with Crippen LogP contribution in [0.3, 0.4) is 0 Å². The van der Waals surface area contributed by atoms with Crippen molar-refractivity contribution in [1.29, 1.82) is 0 Å². The van der Waals surface area contributed by atoms with Crippen molar-refractivity contribution in [3.8, 4) is 0 Å². The van der Waals surface area contributed by atoms with Gasteiger partial charge in [-0.25, -0.2) is 0 Å². The van der Waals surface area contributed by atoms with E-state index in [9.17, 15) is 4.79 Å². The van der Waals surface area contributed by atoms with Crippen molar-refractivity contribution in [2.24, 2.45) is 5.92 Å². The van der Waals surface area contributed by atoms with Gasteiger partial charge >= 0.3 is 0 Å². The van der Waals surface area contributed by atoms with Gasteiger partial charge in [-0.3, -0.25) is 4.79 Å². The number of rotatable bonds is 9. The minimum Gasteiger partial charge on any atom is -0.396 e. The minimum absolute atomic E-state index is 0.0334. The summed E-state index contributed by atoms with van der Waals surface area (Å²) in [5.74, 6) is 0.0334. The van der Waals surface area contributed by atoms with Gasteiger partial charge in [0.1, 0.15) is 23.0 Å². The van der Waals surface area contributed by atoms with Crippen LogP contribution in [0.25, 0.3) is 0 Å². The molecule has 0 heterocycles. The average Bonchev–Trinajstić information content (AvgIpc) is 2.24. The third kappa shape index (κ3) is 8.40. The summed E-state index contributed by atoms with van der Waals surface area (Å²) < 4.78 is 4.89. The van der Waals surface area contributed by atoms with Crippen molar-refractivity contribution in [3.05, 3.63) is 24.6 Å². The Labute approximate surface area is 103 Å². The second kappa shape index (κ2) is 9.94. The highest BCUT2D eigenvalue weighted by molar-refractivity contribution is 14.1. The molecular formula is C9H15IN2O3. The lowest BCUT2D eigenvalue weighted by molar-refractivity contribution is -0.108. The third-order valence-corrected chi connectivity index (χ3v) is 1.98.